The van der Waals surface area contributed by atoms with Gasteiger partial charge >= 0.3 is 0 Å². The van der Waals surface area contributed by atoms with Crippen molar-refractivity contribution in [3.63, 3.8) is 0 Å². The summed E-state index contributed by atoms with van der Waals surface area (Å²) in [7, 11) is 4.89. The highest BCUT2D eigenvalue weighted by atomic mass is 16.5. The Balaban J connectivity index is 1.53. The molecule has 0 saturated carbocycles. The van der Waals surface area contributed by atoms with Crippen molar-refractivity contribution in [3.05, 3.63) is 83.6 Å². The first-order valence-corrected chi connectivity index (χ1v) is 11.2. The predicted octanol–water partition coefficient (Wildman–Crippen LogP) is 5.00. The van der Waals surface area contributed by atoms with Crippen molar-refractivity contribution in [2.45, 2.75) is 12.6 Å². The Labute approximate surface area is 198 Å². The number of fused-ring (bicyclic) bond motifs is 2. The van der Waals surface area contributed by atoms with Crippen molar-refractivity contribution in [2.24, 2.45) is 0 Å². The Hall–Kier alpha value is -4.13. The minimum Gasteiger partial charge on any atom is -0.497 e. The third kappa shape index (κ3) is 3.69. The lowest BCUT2D eigenvalue weighted by Gasteiger charge is -2.38. The summed E-state index contributed by atoms with van der Waals surface area (Å²) >= 11 is 0. The molecule has 1 aliphatic heterocycles. The van der Waals surface area contributed by atoms with Gasteiger partial charge in [0.1, 0.15) is 11.9 Å². The van der Waals surface area contributed by atoms with Gasteiger partial charge < -0.3 is 29.4 Å². The van der Waals surface area contributed by atoms with Crippen molar-refractivity contribution in [1.82, 2.24) is 9.88 Å². The second-order valence-electron chi connectivity index (χ2n) is 8.15. The van der Waals surface area contributed by atoms with Crippen LogP contribution in [-0.2, 0) is 6.42 Å². The van der Waals surface area contributed by atoms with Crippen LogP contribution in [0.4, 0.5) is 5.69 Å². The maximum atomic E-state index is 13.7. The number of hydrogen-bond donors (Lipinski definition) is 2. The molecule has 0 saturated heterocycles. The Morgan fingerprint density at radius 1 is 0.941 bits per heavy atom. The minimum absolute atomic E-state index is 0.0263. The van der Waals surface area contributed by atoms with E-state index in [9.17, 15) is 4.79 Å². The summed E-state index contributed by atoms with van der Waals surface area (Å²) in [5.74, 6) is 2.01. The number of anilines is 1. The molecule has 7 nitrogen and oxygen atoms in total. The highest BCUT2D eigenvalue weighted by molar-refractivity contribution is 6.01. The molecule has 4 aromatic rings. The van der Waals surface area contributed by atoms with Gasteiger partial charge in [0.05, 0.1) is 26.9 Å². The predicted molar refractivity (Wildman–Crippen MR) is 132 cm³/mol. The second kappa shape index (κ2) is 9.02. The van der Waals surface area contributed by atoms with Crippen LogP contribution in [0.1, 0.15) is 27.7 Å². The van der Waals surface area contributed by atoms with Crippen LogP contribution in [0.15, 0.2) is 66.9 Å². The Morgan fingerprint density at radius 2 is 1.79 bits per heavy atom. The molecular weight excluding hydrogens is 430 g/mol. The summed E-state index contributed by atoms with van der Waals surface area (Å²) < 4.78 is 16.6. The first kappa shape index (κ1) is 21.7. The van der Waals surface area contributed by atoms with Crippen molar-refractivity contribution in [3.8, 4) is 17.2 Å². The van der Waals surface area contributed by atoms with Crippen LogP contribution in [0.25, 0.3) is 10.9 Å². The molecule has 2 N–H and O–H groups in total. The van der Waals surface area contributed by atoms with Gasteiger partial charge in [-0.15, -0.1) is 0 Å². The summed E-state index contributed by atoms with van der Waals surface area (Å²) in [5, 5.41) is 4.64. The number of nitrogens with zero attached hydrogens (tertiary/aromatic N) is 1. The van der Waals surface area contributed by atoms with Crippen LogP contribution in [-0.4, -0.2) is 43.7 Å². The number of aromatic amines is 1. The van der Waals surface area contributed by atoms with Gasteiger partial charge in [-0.25, -0.2) is 0 Å². The Bertz CT molecular complexity index is 1350. The van der Waals surface area contributed by atoms with Gasteiger partial charge in [-0.2, -0.15) is 0 Å². The molecule has 1 aromatic heterocycles. The molecule has 174 valence electrons. The number of methoxy groups -OCH3 is 3. The van der Waals surface area contributed by atoms with E-state index >= 15 is 0 Å². The van der Waals surface area contributed by atoms with E-state index in [4.69, 9.17) is 14.2 Å². The molecule has 0 spiro atoms. The maximum Gasteiger partial charge on any atom is 0.257 e. The topological polar surface area (TPSA) is 75.8 Å². The highest BCUT2D eigenvalue weighted by Crippen LogP contribution is 2.41. The fourth-order valence-corrected chi connectivity index (χ4v) is 4.63. The molecule has 0 fully saturated rings. The van der Waals surface area contributed by atoms with Crippen LogP contribution >= 0.6 is 0 Å². The van der Waals surface area contributed by atoms with E-state index in [1.54, 1.807) is 21.3 Å². The van der Waals surface area contributed by atoms with E-state index in [1.807, 2.05) is 71.8 Å². The van der Waals surface area contributed by atoms with Crippen LogP contribution < -0.4 is 19.5 Å². The van der Waals surface area contributed by atoms with Crippen molar-refractivity contribution >= 4 is 22.5 Å². The van der Waals surface area contributed by atoms with Crippen LogP contribution in [0, 0.1) is 0 Å². The van der Waals surface area contributed by atoms with Gasteiger partial charge in [0.2, 0.25) is 0 Å². The number of ether oxygens (including phenoxy) is 3. The molecule has 5 rings (SSSR count). The zero-order valence-electron chi connectivity index (χ0n) is 19.4. The van der Waals surface area contributed by atoms with Gasteiger partial charge in [-0.3, -0.25) is 4.79 Å². The monoisotopic (exact) mass is 457 g/mol. The van der Waals surface area contributed by atoms with Crippen molar-refractivity contribution < 1.29 is 19.0 Å². The molecule has 7 heteroatoms. The van der Waals surface area contributed by atoms with Crippen molar-refractivity contribution in [1.29, 1.82) is 0 Å². The number of amides is 1. The summed E-state index contributed by atoms with van der Waals surface area (Å²) in [6.45, 7) is 0.509. The summed E-state index contributed by atoms with van der Waals surface area (Å²) in [6.07, 6.45) is 2.26. The largest absolute Gasteiger partial charge is 0.497 e. The first-order valence-electron chi connectivity index (χ1n) is 11.2. The van der Waals surface area contributed by atoms with E-state index in [2.05, 4.69) is 10.3 Å². The molecule has 0 bridgehead atoms. The molecular formula is C27H27N3O4. The van der Waals surface area contributed by atoms with Crippen LogP contribution in [0.3, 0.4) is 0 Å². The SMILES string of the molecule is COc1ccc2[nH]cc(CCN3C(=O)c4ccccc4NC3c3cccc(OC)c3OC)c2c1. The third-order valence-corrected chi connectivity index (χ3v) is 6.35. The highest BCUT2D eigenvalue weighted by Gasteiger charge is 2.34. The number of carbonyl (C=O) groups is 1. The Morgan fingerprint density at radius 3 is 2.59 bits per heavy atom. The van der Waals surface area contributed by atoms with Crippen molar-refractivity contribution in [2.75, 3.05) is 33.2 Å². The van der Waals surface area contributed by atoms with Crippen LogP contribution in [0.2, 0.25) is 0 Å². The molecule has 2 heterocycles. The van der Waals surface area contributed by atoms with E-state index in [0.29, 0.717) is 30.0 Å². The maximum absolute atomic E-state index is 13.7. The summed E-state index contributed by atoms with van der Waals surface area (Å²) in [5.41, 5.74) is 4.45. The zero-order chi connectivity index (χ0) is 23.7. The standard InChI is InChI=1S/C27H27N3O4/c1-32-18-11-12-22-21(15-18)17(16-28-22)13-14-30-26(20-8-6-10-24(33-2)25(20)34-3)29-23-9-5-4-7-19(23)27(30)31/h4-12,15-16,26,28-29H,13-14H2,1-3H3. The number of nitrogens with one attached hydrogen (secondary N) is 2. The average molecular weight is 458 g/mol. The lowest BCUT2D eigenvalue weighted by atomic mass is 10.0. The smallest absolute Gasteiger partial charge is 0.257 e. The number of hydrogen-bond acceptors (Lipinski definition) is 5. The van der Waals surface area contributed by atoms with Gasteiger partial charge in [0, 0.05) is 34.9 Å². The zero-order valence-corrected chi connectivity index (χ0v) is 19.4. The average Bonchev–Trinajstić information content (AvgIpc) is 3.29. The number of carbonyl (C=O) groups excluding carboxylic acids is 1. The number of H-pyrrole nitrogens is 1. The van der Waals surface area contributed by atoms with Gasteiger partial charge in [0.15, 0.2) is 11.5 Å². The number of benzene rings is 3. The second-order valence-corrected chi connectivity index (χ2v) is 8.15. The molecule has 34 heavy (non-hydrogen) atoms. The van der Waals surface area contributed by atoms with E-state index < -0.39 is 6.17 Å². The van der Waals surface area contributed by atoms with Gasteiger partial charge in [0.25, 0.3) is 5.91 Å². The first-order chi connectivity index (χ1) is 16.6. The van der Waals surface area contributed by atoms with E-state index in [0.717, 1.165) is 33.5 Å². The molecule has 1 aliphatic rings. The lowest BCUT2D eigenvalue weighted by Crippen LogP contribution is -2.44. The quantitative estimate of drug-likeness (QED) is 0.408. The Kier molecular flexibility index (Phi) is 5.76. The third-order valence-electron chi connectivity index (χ3n) is 6.35. The lowest BCUT2D eigenvalue weighted by molar-refractivity contribution is 0.0683. The molecule has 3 aromatic carbocycles. The number of para-hydroxylation sites is 2. The fourth-order valence-electron chi connectivity index (χ4n) is 4.63. The van der Waals surface area contributed by atoms with Gasteiger partial charge in [-0.1, -0.05) is 24.3 Å². The molecule has 0 aliphatic carbocycles. The van der Waals surface area contributed by atoms with E-state index in [1.165, 1.54) is 0 Å². The number of aromatic nitrogens is 1. The molecule has 1 unspecified atom stereocenters. The van der Waals surface area contributed by atoms with Crippen LogP contribution in [0.5, 0.6) is 17.2 Å². The minimum atomic E-state index is -0.410. The molecule has 1 amide bonds. The van der Waals surface area contributed by atoms with Gasteiger partial charge in [-0.05, 0) is 48.4 Å². The van der Waals surface area contributed by atoms with E-state index in [-0.39, 0.29) is 5.91 Å². The fraction of sp³-hybridized carbons (Fsp3) is 0.222. The molecule has 0 radical (unpaired) electrons. The summed E-state index contributed by atoms with van der Waals surface area (Å²) in [4.78, 5) is 18.8. The number of rotatable bonds is 7. The molecule has 1 atom stereocenters. The summed E-state index contributed by atoms with van der Waals surface area (Å²) in [6, 6.07) is 19.3. The normalized spacial score (nSPS) is 15.1.